The minimum atomic E-state index is -4.06. The molecule has 1 unspecified atom stereocenters. The fourth-order valence-corrected chi connectivity index (χ4v) is 4.36. The number of carbonyl (C=O) groups is 2. The molecule has 0 aliphatic heterocycles. The van der Waals surface area contributed by atoms with Crippen LogP contribution < -0.4 is 4.90 Å². The molecule has 10 nitrogen and oxygen atoms in total. The Bertz CT molecular complexity index is 1370. The van der Waals surface area contributed by atoms with Gasteiger partial charge in [-0.15, -0.1) is 5.11 Å². The number of anilines is 1. The molecule has 3 aromatic rings. The van der Waals surface area contributed by atoms with Gasteiger partial charge in [-0.1, -0.05) is 36.4 Å². The topological polar surface area (TPSA) is 127 Å². The minimum absolute atomic E-state index is 0.0260. The molecule has 1 aliphatic carbocycles. The summed E-state index contributed by atoms with van der Waals surface area (Å²) in [4.78, 5) is 37.4. The summed E-state index contributed by atoms with van der Waals surface area (Å²) in [7, 11) is -1.37. The lowest BCUT2D eigenvalue weighted by atomic mass is 9.83. The Morgan fingerprint density at radius 3 is 2.14 bits per heavy atom. The van der Waals surface area contributed by atoms with Crippen LogP contribution in [0.25, 0.3) is 0 Å². The summed E-state index contributed by atoms with van der Waals surface area (Å²) in [6, 6.07) is 18.9. The van der Waals surface area contributed by atoms with Crippen LogP contribution in [0.2, 0.25) is 0 Å². The molecule has 4 rings (SSSR count). The second-order valence-electron chi connectivity index (χ2n) is 8.08. The van der Waals surface area contributed by atoms with Gasteiger partial charge in [0.25, 0.3) is 0 Å². The second-order valence-corrected chi connectivity index (χ2v) is 9.64. The van der Waals surface area contributed by atoms with Crippen molar-refractivity contribution in [2.45, 2.75) is 0 Å². The lowest BCUT2D eigenvalue weighted by molar-refractivity contribution is 0.0979. The lowest BCUT2D eigenvalue weighted by Crippen LogP contribution is -2.30. The maximum atomic E-state index is 13.1. The molecule has 0 fully saturated rings. The number of fused-ring (bicyclic) bond motifs is 2. The van der Waals surface area contributed by atoms with E-state index in [0.29, 0.717) is 47.8 Å². The van der Waals surface area contributed by atoms with Crippen molar-refractivity contribution in [3.05, 3.63) is 89.0 Å². The Balaban J connectivity index is 1.52. The number of rotatable bonds is 11. The molecule has 37 heavy (non-hydrogen) atoms. The van der Waals surface area contributed by atoms with Crippen LogP contribution in [0.4, 0.5) is 17.1 Å². The number of phosphoric acid groups is 1. The first-order valence-corrected chi connectivity index (χ1v) is 12.9. The predicted molar refractivity (Wildman–Crippen MR) is 137 cm³/mol. The van der Waals surface area contributed by atoms with Crippen LogP contribution in [0.3, 0.4) is 0 Å². The quantitative estimate of drug-likeness (QED) is 0.213. The summed E-state index contributed by atoms with van der Waals surface area (Å²) in [6.07, 6.45) is 0. The summed E-state index contributed by atoms with van der Waals surface area (Å²) in [5.41, 5.74) is 2.98. The fraction of sp³-hybridized carbons (Fsp3) is 0.231. The van der Waals surface area contributed by atoms with Gasteiger partial charge in [-0.05, 0) is 30.3 Å². The third kappa shape index (κ3) is 6.07. The number of methoxy groups -OCH3 is 1. The molecule has 0 spiro atoms. The van der Waals surface area contributed by atoms with Crippen LogP contribution in [0.15, 0.2) is 77.0 Å². The molecule has 0 heterocycles. The highest BCUT2D eigenvalue weighted by Crippen LogP contribution is 2.41. The van der Waals surface area contributed by atoms with Crippen molar-refractivity contribution in [1.29, 1.82) is 0 Å². The molecule has 0 radical (unpaired) electrons. The average Bonchev–Trinajstić information content (AvgIpc) is 2.92. The normalized spacial score (nSPS) is 14.4. The summed E-state index contributed by atoms with van der Waals surface area (Å²) >= 11 is 0. The van der Waals surface area contributed by atoms with Crippen LogP contribution in [-0.4, -0.2) is 57.0 Å². The largest absolute Gasteiger partial charge is 0.471 e. The molecule has 192 valence electrons. The molecular weight excluding hydrogens is 497 g/mol. The van der Waals surface area contributed by atoms with Gasteiger partial charge in [0.1, 0.15) is 0 Å². The van der Waals surface area contributed by atoms with E-state index in [9.17, 15) is 19.0 Å². The van der Waals surface area contributed by atoms with Gasteiger partial charge in [0.05, 0.1) is 30.2 Å². The maximum Gasteiger partial charge on any atom is 0.471 e. The first kappa shape index (κ1) is 26.5. The number of hydrogen-bond donors (Lipinski definition) is 1. The molecule has 0 amide bonds. The Hall–Kier alpha value is -3.53. The zero-order valence-corrected chi connectivity index (χ0v) is 21.3. The minimum Gasteiger partial charge on any atom is -0.383 e. The molecule has 0 saturated heterocycles. The Labute approximate surface area is 214 Å². The zero-order valence-electron chi connectivity index (χ0n) is 20.4. The summed E-state index contributed by atoms with van der Waals surface area (Å²) in [5, 5.41) is 8.56. The number of phosphoric ester groups is 1. The van der Waals surface area contributed by atoms with E-state index in [2.05, 4.69) is 14.8 Å². The zero-order chi connectivity index (χ0) is 26.4. The van der Waals surface area contributed by atoms with Crippen LogP contribution in [0.1, 0.15) is 31.8 Å². The van der Waals surface area contributed by atoms with Crippen LogP contribution >= 0.6 is 7.82 Å². The van der Waals surface area contributed by atoms with Crippen molar-refractivity contribution < 1.29 is 32.8 Å². The molecule has 1 aliphatic rings. The number of nitrogens with zero attached hydrogens (tertiary/aromatic N) is 3. The van der Waals surface area contributed by atoms with Gasteiger partial charge in [0.2, 0.25) is 0 Å². The van der Waals surface area contributed by atoms with E-state index in [0.717, 1.165) is 12.8 Å². The van der Waals surface area contributed by atoms with Crippen molar-refractivity contribution in [2.75, 3.05) is 45.4 Å². The highest BCUT2D eigenvalue weighted by atomic mass is 31.2. The maximum absolute atomic E-state index is 13.1. The Kier molecular flexibility index (Phi) is 8.38. The van der Waals surface area contributed by atoms with Crippen molar-refractivity contribution in [1.82, 2.24) is 0 Å². The Morgan fingerprint density at radius 1 is 0.811 bits per heavy atom. The smallest absolute Gasteiger partial charge is 0.383 e. The summed E-state index contributed by atoms with van der Waals surface area (Å²) < 4.78 is 26.1. The van der Waals surface area contributed by atoms with E-state index in [1.807, 2.05) is 17.0 Å². The molecular formula is C26H26N3O7P. The number of hydrogen-bond acceptors (Lipinski definition) is 9. The molecule has 0 saturated carbocycles. The van der Waals surface area contributed by atoms with E-state index in [-0.39, 0.29) is 23.7 Å². The van der Waals surface area contributed by atoms with Crippen LogP contribution in [0.5, 0.6) is 0 Å². The lowest BCUT2D eigenvalue weighted by Gasteiger charge is -2.24. The van der Waals surface area contributed by atoms with Gasteiger partial charge in [-0.25, -0.2) is 4.57 Å². The van der Waals surface area contributed by atoms with Gasteiger partial charge in [0, 0.05) is 49.7 Å². The third-order valence-corrected chi connectivity index (χ3v) is 6.80. The van der Waals surface area contributed by atoms with Crippen molar-refractivity contribution in [3.63, 3.8) is 0 Å². The molecule has 1 N–H and O–H groups in total. The SMILES string of the molecule is COCCN(CCOP(=O)(O)OC)c1ccc(N=Nc2cccc3c2C(=O)c2ccccc2C3=O)cc1. The number of ketones is 2. The van der Waals surface area contributed by atoms with E-state index in [1.54, 1.807) is 61.7 Å². The molecule has 0 bridgehead atoms. The number of benzene rings is 3. The fourth-order valence-electron chi connectivity index (χ4n) is 3.94. The van der Waals surface area contributed by atoms with Gasteiger partial charge < -0.3 is 14.5 Å². The molecule has 1 atom stereocenters. The second kappa shape index (κ2) is 11.7. The van der Waals surface area contributed by atoms with Crippen molar-refractivity contribution >= 4 is 36.5 Å². The number of carbonyl (C=O) groups excluding carboxylic acids is 2. The van der Waals surface area contributed by atoms with Crippen molar-refractivity contribution in [2.24, 2.45) is 10.2 Å². The van der Waals surface area contributed by atoms with E-state index < -0.39 is 7.82 Å². The van der Waals surface area contributed by atoms with Gasteiger partial charge in [-0.2, -0.15) is 5.11 Å². The van der Waals surface area contributed by atoms with Crippen molar-refractivity contribution in [3.8, 4) is 0 Å². The highest BCUT2D eigenvalue weighted by molar-refractivity contribution is 7.47. The van der Waals surface area contributed by atoms with E-state index in [4.69, 9.17) is 9.26 Å². The average molecular weight is 523 g/mol. The number of azo groups is 1. The first-order valence-electron chi connectivity index (χ1n) is 11.4. The van der Waals surface area contributed by atoms with Crippen LogP contribution in [0, 0.1) is 0 Å². The van der Waals surface area contributed by atoms with Gasteiger partial charge in [-0.3, -0.25) is 18.6 Å². The highest BCUT2D eigenvalue weighted by Gasteiger charge is 2.31. The van der Waals surface area contributed by atoms with Crippen LogP contribution in [-0.2, 0) is 18.3 Å². The predicted octanol–water partition coefficient (Wildman–Crippen LogP) is 5.09. The first-order chi connectivity index (χ1) is 17.8. The van der Waals surface area contributed by atoms with Gasteiger partial charge >= 0.3 is 7.82 Å². The molecule has 3 aromatic carbocycles. The molecule has 0 aromatic heterocycles. The monoisotopic (exact) mass is 523 g/mol. The number of ether oxygens (including phenoxy) is 1. The summed E-state index contributed by atoms with van der Waals surface area (Å²) in [6.45, 7) is 1.27. The standard InChI is InChI=1S/C26H26N3O7P/c1-34-16-14-29(15-17-36-37(32,33)35-2)19-12-10-18(11-13-19)27-28-23-9-5-8-22-24(23)26(31)21-7-4-3-6-20(21)25(22)30/h3-13H,14-17H2,1-2H3,(H,32,33). The summed E-state index contributed by atoms with van der Waals surface area (Å²) in [5.74, 6) is -0.471. The van der Waals surface area contributed by atoms with Gasteiger partial charge in [0.15, 0.2) is 11.6 Å². The third-order valence-electron chi connectivity index (χ3n) is 5.83. The van der Waals surface area contributed by atoms with E-state index in [1.165, 1.54) is 0 Å². The van der Waals surface area contributed by atoms with E-state index >= 15 is 0 Å². The molecule has 11 heteroatoms. The Morgan fingerprint density at radius 2 is 1.46 bits per heavy atom.